The van der Waals surface area contributed by atoms with E-state index in [9.17, 15) is 8.42 Å². The van der Waals surface area contributed by atoms with E-state index in [1.165, 1.54) is 6.26 Å². The van der Waals surface area contributed by atoms with Crippen molar-refractivity contribution in [3.63, 3.8) is 0 Å². The molecule has 1 aromatic rings. The molecule has 0 spiro atoms. The van der Waals surface area contributed by atoms with Gasteiger partial charge >= 0.3 is 0 Å². The van der Waals surface area contributed by atoms with Gasteiger partial charge in [0, 0.05) is 12.7 Å². The van der Waals surface area contributed by atoms with Crippen LogP contribution in [-0.4, -0.2) is 26.0 Å². The number of nitrogens with zero attached hydrogens (tertiary/aromatic N) is 1. The standard InChI is InChI=1S/C14H16ClNO3S/c1-20(17,18)11-5-2-4-10(8-11)19-14-7-3-6-13(15)12(14)9-16/h3,6-7,10-11H,2,4-5,8H2,1H3. The lowest BCUT2D eigenvalue weighted by Gasteiger charge is -2.28. The second-order valence-electron chi connectivity index (χ2n) is 5.08. The third-order valence-electron chi connectivity index (χ3n) is 3.56. The van der Waals surface area contributed by atoms with Gasteiger partial charge in [0.15, 0.2) is 0 Å². The van der Waals surface area contributed by atoms with Crippen LogP contribution in [0.4, 0.5) is 0 Å². The molecule has 2 unspecified atom stereocenters. The van der Waals surface area contributed by atoms with Crippen molar-refractivity contribution >= 4 is 21.4 Å². The topological polar surface area (TPSA) is 67.2 Å². The molecule has 6 heteroatoms. The van der Waals surface area contributed by atoms with Crippen molar-refractivity contribution in [1.82, 2.24) is 0 Å². The van der Waals surface area contributed by atoms with Gasteiger partial charge in [-0.2, -0.15) is 5.26 Å². The average Bonchev–Trinajstić information content (AvgIpc) is 2.38. The van der Waals surface area contributed by atoms with E-state index >= 15 is 0 Å². The lowest BCUT2D eigenvalue weighted by atomic mass is 9.97. The normalized spacial score (nSPS) is 23.1. The van der Waals surface area contributed by atoms with Gasteiger partial charge in [-0.15, -0.1) is 0 Å². The summed E-state index contributed by atoms with van der Waals surface area (Å²) in [5.41, 5.74) is 0.302. The Kier molecular flexibility index (Phi) is 4.56. The summed E-state index contributed by atoms with van der Waals surface area (Å²) in [6.45, 7) is 0. The van der Waals surface area contributed by atoms with Gasteiger partial charge in [0.25, 0.3) is 0 Å². The zero-order valence-electron chi connectivity index (χ0n) is 11.2. The molecule has 0 radical (unpaired) electrons. The van der Waals surface area contributed by atoms with Crippen LogP contribution >= 0.6 is 11.6 Å². The number of halogens is 1. The highest BCUT2D eigenvalue weighted by molar-refractivity contribution is 7.91. The highest BCUT2D eigenvalue weighted by Gasteiger charge is 2.30. The third kappa shape index (κ3) is 3.44. The van der Waals surface area contributed by atoms with E-state index in [-0.39, 0.29) is 11.4 Å². The predicted octanol–water partition coefficient (Wildman–Crippen LogP) is 2.95. The summed E-state index contributed by atoms with van der Waals surface area (Å²) in [5.74, 6) is 0.430. The summed E-state index contributed by atoms with van der Waals surface area (Å²) in [5, 5.41) is 9.09. The molecule has 0 aromatic heterocycles. The average molecular weight is 314 g/mol. The molecule has 1 fully saturated rings. The molecular weight excluding hydrogens is 298 g/mol. The molecule has 2 atom stereocenters. The Bertz CT molecular complexity index is 636. The summed E-state index contributed by atoms with van der Waals surface area (Å²) in [7, 11) is -3.05. The van der Waals surface area contributed by atoms with E-state index in [0.717, 1.165) is 12.8 Å². The summed E-state index contributed by atoms with van der Waals surface area (Å²) in [6, 6.07) is 7.06. The van der Waals surface area contributed by atoms with E-state index in [4.69, 9.17) is 21.6 Å². The van der Waals surface area contributed by atoms with Crippen molar-refractivity contribution in [2.45, 2.75) is 37.0 Å². The minimum atomic E-state index is -3.05. The molecule has 0 saturated heterocycles. The Morgan fingerprint density at radius 1 is 1.40 bits per heavy atom. The number of ether oxygens (including phenoxy) is 1. The van der Waals surface area contributed by atoms with Crippen molar-refractivity contribution in [3.05, 3.63) is 28.8 Å². The van der Waals surface area contributed by atoms with Gasteiger partial charge in [-0.3, -0.25) is 0 Å². The minimum Gasteiger partial charge on any atom is -0.489 e. The highest BCUT2D eigenvalue weighted by Crippen LogP contribution is 2.31. The second kappa shape index (κ2) is 6.02. The fraction of sp³-hybridized carbons (Fsp3) is 0.500. The minimum absolute atomic E-state index is 0.186. The number of benzene rings is 1. The summed E-state index contributed by atoms with van der Waals surface area (Å²) >= 11 is 5.95. The fourth-order valence-corrected chi connectivity index (χ4v) is 3.86. The Morgan fingerprint density at radius 3 is 2.80 bits per heavy atom. The molecule has 1 saturated carbocycles. The van der Waals surface area contributed by atoms with Crippen LogP contribution < -0.4 is 4.74 Å². The maximum Gasteiger partial charge on any atom is 0.150 e. The largest absolute Gasteiger partial charge is 0.489 e. The molecule has 0 bridgehead atoms. The van der Waals surface area contributed by atoms with Crippen LogP contribution in [0.3, 0.4) is 0 Å². The third-order valence-corrected chi connectivity index (χ3v) is 5.52. The van der Waals surface area contributed by atoms with Crippen molar-refractivity contribution < 1.29 is 13.2 Å². The fourth-order valence-electron chi connectivity index (χ4n) is 2.49. The molecule has 0 heterocycles. The van der Waals surface area contributed by atoms with Crippen molar-refractivity contribution in [3.8, 4) is 11.8 Å². The lowest BCUT2D eigenvalue weighted by Crippen LogP contribution is -2.33. The molecule has 2 rings (SSSR count). The summed E-state index contributed by atoms with van der Waals surface area (Å²) in [6.07, 6.45) is 3.83. The maximum atomic E-state index is 11.6. The molecule has 0 aliphatic heterocycles. The summed E-state index contributed by atoms with van der Waals surface area (Å²) in [4.78, 5) is 0. The van der Waals surface area contributed by atoms with Gasteiger partial charge < -0.3 is 4.74 Å². The zero-order valence-corrected chi connectivity index (χ0v) is 12.7. The van der Waals surface area contributed by atoms with Crippen molar-refractivity contribution in [1.29, 1.82) is 5.26 Å². The van der Waals surface area contributed by atoms with E-state index < -0.39 is 9.84 Å². The first kappa shape index (κ1) is 15.1. The zero-order chi connectivity index (χ0) is 14.8. The van der Waals surface area contributed by atoms with Crippen LogP contribution in [0.25, 0.3) is 0 Å². The first-order valence-electron chi connectivity index (χ1n) is 6.46. The first-order valence-corrected chi connectivity index (χ1v) is 8.79. The summed E-state index contributed by atoms with van der Waals surface area (Å²) < 4.78 is 29.1. The Morgan fingerprint density at radius 2 is 2.15 bits per heavy atom. The molecule has 108 valence electrons. The van der Waals surface area contributed by atoms with Crippen LogP contribution in [0.5, 0.6) is 5.75 Å². The van der Waals surface area contributed by atoms with E-state index in [1.54, 1.807) is 18.2 Å². The van der Waals surface area contributed by atoms with Crippen LogP contribution in [-0.2, 0) is 9.84 Å². The highest BCUT2D eigenvalue weighted by atomic mass is 35.5. The number of hydrogen-bond donors (Lipinski definition) is 0. The molecule has 4 nitrogen and oxygen atoms in total. The monoisotopic (exact) mass is 313 g/mol. The molecule has 20 heavy (non-hydrogen) atoms. The Balaban J connectivity index is 2.15. The molecule has 1 aliphatic carbocycles. The maximum absolute atomic E-state index is 11.6. The lowest BCUT2D eigenvalue weighted by molar-refractivity contribution is 0.156. The van der Waals surface area contributed by atoms with Gasteiger partial charge in [-0.1, -0.05) is 17.7 Å². The predicted molar refractivity (Wildman–Crippen MR) is 77.7 cm³/mol. The number of hydrogen-bond acceptors (Lipinski definition) is 4. The van der Waals surface area contributed by atoms with Gasteiger partial charge in [-0.05, 0) is 31.4 Å². The van der Waals surface area contributed by atoms with Gasteiger partial charge in [-0.25, -0.2) is 8.42 Å². The van der Waals surface area contributed by atoms with Crippen molar-refractivity contribution in [2.75, 3.05) is 6.26 Å². The molecule has 0 amide bonds. The van der Waals surface area contributed by atoms with Gasteiger partial charge in [0.1, 0.15) is 33.3 Å². The Labute approximate surface area is 124 Å². The molecular formula is C14H16ClNO3S. The van der Waals surface area contributed by atoms with E-state index in [2.05, 4.69) is 0 Å². The van der Waals surface area contributed by atoms with E-state index in [0.29, 0.717) is 29.2 Å². The molecule has 1 aromatic carbocycles. The number of nitriles is 1. The van der Waals surface area contributed by atoms with E-state index in [1.807, 2.05) is 6.07 Å². The molecule has 0 N–H and O–H groups in total. The van der Waals surface area contributed by atoms with Crippen LogP contribution in [0.2, 0.25) is 5.02 Å². The van der Waals surface area contributed by atoms with Gasteiger partial charge in [0.05, 0.1) is 10.3 Å². The smallest absolute Gasteiger partial charge is 0.150 e. The van der Waals surface area contributed by atoms with Crippen molar-refractivity contribution in [2.24, 2.45) is 0 Å². The number of sulfone groups is 1. The number of rotatable bonds is 3. The first-order chi connectivity index (χ1) is 9.41. The van der Waals surface area contributed by atoms with Crippen LogP contribution in [0.1, 0.15) is 31.2 Å². The second-order valence-corrected chi connectivity index (χ2v) is 7.82. The van der Waals surface area contributed by atoms with Crippen LogP contribution in [0.15, 0.2) is 18.2 Å². The van der Waals surface area contributed by atoms with Crippen LogP contribution in [0, 0.1) is 11.3 Å². The molecule has 1 aliphatic rings. The van der Waals surface area contributed by atoms with Gasteiger partial charge in [0.2, 0.25) is 0 Å². The SMILES string of the molecule is CS(=O)(=O)C1CCCC(Oc2cccc(Cl)c2C#N)C1. The Hall–Kier alpha value is -1.25. The quantitative estimate of drug-likeness (QED) is 0.860.